The summed E-state index contributed by atoms with van der Waals surface area (Å²) in [7, 11) is 1.25. The lowest BCUT2D eigenvalue weighted by Gasteiger charge is -2.05. The maximum absolute atomic E-state index is 11.8. The van der Waals surface area contributed by atoms with E-state index >= 15 is 0 Å². The predicted molar refractivity (Wildman–Crippen MR) is 118 cm³/mol. The number of amidine groups is 1. The number of nitrogens with zero attached hydrogens (tertiary/aromatic N) is 3. The number of nitrogens with one attached hydrogen (secondary N) is 1. The van der Waals surface area contributed by atoms with Gasteiger partial charge in [-0.3, -0.25) is 10.1 Å². The van der Waals surface area contributed by atoms with Gasteiger partial charge >= 0.3 is 5.97 Å². The summed E-state index contributed by atoms with van der Waals surface area (Å²) in [6.07, 6.45) is 4.81. The predicted octanol–water partition coefficient (Wildman–Crippen LogP) is 3.30. The van der Waals surface area contributed by atoms with Crippen LogP contribution in [0.25, 0.3) is 10.9 Å². The van der Waals surface area contributed by atoms with Crippen LogP contribution in [0.2, 0.25) is 0 Å². The van der Waals surface area contributed by atoms with Crippen molar-refractivity contribution >= 4 is 45.9 Å². The number of benzene rings is 2. The molecule has 1 fully saturated rings. The normalized spacial score (nSPS) is 16.6. The molecule has 0 saturated carbocycles. The zero-order valence-electron chi connectivity index (χ0n) is 16.1. The first-order valence-corrected chi connectivity index (χ1v) is 9.97. The maximum Gasteiger partial charge on any atom is 0.331 e. The van der Waals surface area contributed by atoms with E-state index in [9.17, 15) is 9.59 Å². The summed E-state index contributed by atoms with van der Waals surface area (Å²) >= 11 is 1.04. The van der Waals surface area contributed by atoms with Crippen LogP contribution in [-0.4, -0.2) is 34.9 Å². The van der Waals surface area contributed by atoms with E-state index in [1.165, 1.54) is 12.7 Å². The molecule has 8 heteroatoms. The van der Waals surface area contributed by atoms with Gasteiger partial charge in [0.15, 0.2) is 5.17 Å². The fourth-order valence-corrected chi connectivity index (χ4v) is 3.74. The summed E-state index contributed by atoms with van der Waals surface area (Å²) in [5.41, 5.74) is 3.27. The Morgan fingerprint density at radius 1 is 1.20 bits per heavy atom. The summed E-state index contributed by atoms with van der Waals surface area (Å²) in [5.74, 6) is -0.995. The first-order valence-electron chi connectivity index (χ1n) is 9.15. The molecular formula is C22H18N4O3S. The van der Waals surface area contributed by atoms with Crippen LogP contribution in [0, 0.1) is 0 Å². The highest BCUT2D eigenvalue weighted by molar-refractivity contribution is 8.18. The second-order valence-corrected chi connectivity index (χ2v) is 7.52. The Hall–Kier alpha value is -3.65. The Bertz CT molecular complexity index is 1200. The van der Waals surface area contributed by atoms with Crippen molar-refractivity contribution in [3.05, 3.63) is 82.9 Å². The highest BCUT2D eigenvalue weighted by Gasteiger charge is 2.24. The molecule has 0 radical (unpaired) electrons. The van der Waals surface area contributed by atoms with E-state index in [4.69, 9.17) is 0 Å². The van der Waals surface area contributed by atoms with Gasteiger partial charge in [-0.15, -0.1) is 5.10 Å². The molecule has 1 aliphatic heterocycles. The second-order valence-electron chi connectivity index (χ2n) is 6.49. The van der Waals surface area contributed by atoms with Gasteiger partial charge in [-0.25, -0.2) is 4.79 Å². The van der Waals surface area contributed by atoms with Crippen molar-refractivity contribution < 1.29 is 14.3 Å². The third kappa shape index (κ3) is 4.49. The first-order chi connectivity index (χ1) is 14.6. The van der Waals surface area contributed by atoms with Crippen molar-refractivity contribution in [1.29, 1.82) is 0 Å². The lowest BCUT2D eigenvalue weighted by molar-refractivity contribution is -0.135. The van der Waals surface area contributed by atoms with Gasteiger partial charge in [-0.1, -0.05) is 36.4 Å². The Kier molecular flexibility index (Phi) is 5.76. The van der Waals surface area contributed by atoms with Crippen molar-refractivity contribution in [3.8, 4) is 0 Å². The average Bonchev–Trinajstić information content (AvgIpc) is 3.31. The Morgan fingerprint density at radius 2 is 2.03 bits per heavy atom. The van der Waals surface area contributed by atoms with E-state index in [0.29, 0.717) is 5.17 Å². The van der Waals surface area contributed by atoms with Gasteiger partial charge in [0.1, 0.15) is 0 Å². The third-order valence-electron chi connectivity index (χ3n) is 4.45. The van der Waals surface area contributed by atoms with Crippen molar-refractivity contribution in [2.75, 3.05) is 7.11 Å². The van der Waals surface area contributed by atoms with Crippen molar-refractivity contribution in [2.24, 2.45) is 10.2 Å². The highest BCUT2D eigenvalue weighted by Crippen LogP contribution is 2.23. The lowest BCUT2D eigenvalue weighted by Crippen LogP contribution is -2.19. The standard InChI is InChI=1S/C22H18N4O3S/c1-29-20(27)12-19-21(28)24-22(30-19)25-23-13-16-7-8-18-17(11-16)9-10-26(18)14-15-5-3-2-4-6-15/h2-13H,14H2,1H3,(H,24,25,28)/b19-12+,23-13?. The summed E-state index contributed by atoms with van der Waals surface area (Å²) < 4.78 is 6.72. The monoisotopic (exact) mass is 418 g/mol. The van der Waals surface area contributed by atoms with Crippen molar-refractivity contribution in [3.63, 3.8) is 0 Å². The average molecular weight is 418 g/mol. The number of carbonyl (C=O) groups excluding carboxylic acids is 2. The molecule has 1 aromatic heterocycles. The first kappa shape index (κ1) is 19.7. The molecule has 0 aliphatic carbocycles. The number of carbonyl (C=O) groups is 2. The van der Waals surface area contributed by atoms with Crippen LogP contribution in [0.4, 0.5) is 0 Å². The number of aromatic nitrogens is 1. The summed E-state index contributed by atoms with van der Waals surface area (Å²) in [6, 6.07) is 18.4. The Labute approximate surface area is 177 Å². The molecule has 1 amide bonds. The third-order valence-corrected chi connectivity index (χ3v) is 5.35. The van der Waals surface area contributed by atoms with Crippen LogP contribution in [0.1, 0.15) is 11.1 Å². The highest BCUT2D eigenvalue weighted by atomic mass is 32.2. The zero-order chi connectivity index (χ0) is 20.9. The van der Waals surface area contributed by atoms with E-state index in [-0.39, 0.29) is 4.91 Å². The molecule has 1 N–H and O–H groups in total. The molecule has 0 bridgehead atoms. The molecule has 30 heavy (non-hydrogen) atoms. The zero-order valence-corrected chi connectivity index (χ0v) is 16.9. The van der Waals surface area contributed by atoms with Gasteiger partial charge in [0.05, 0.1) is 18.2 Å². The van der Waals surface area contributed by atoms with Crippen LogP contribution >= 0.6 is 11.8 Å². The summed E-state index contributed by atoms with van der Waals surface area (Å²) in [6.45, 7) is 0.809. The molecule has 1 saturated heterocycles. The van der Waals surface area contributed by atoms with Gasteiger partial charge in [0.25, 0.3) is 5.91 Å². The van der Waals surface area contributed by atoms with Gasteiger partial charge in [0, 0.05) is 29.7 Å². The molecule has 2 heterocycles. The van der Waals surface area contributed by atoms with E-state index < -0.39 is 11.9 Å². The number of rotatable bonds is 5. The lowest BCUT2D eigenvalue weighted by atomic mass is 10.1. The molecule has 0 atom stereocenters. The summed E-state index contributed by atoms with van der Waals surface area (Å²) in [5, 5.41) is 12.0. The van der Waals surface area contributed by atoms with E-state index in [1.54, 1.807) is 6.21 Å². The smallest absolute Gasteiger partial charge is 0.331 e. The number of thioether (sulfide) groups is 1. The van der Waals surface area contributed by atoms with Crippen LogP contribution in [-0.2, 0) is 20.9 Å². The Balaban J connectivity index is 1.46. The summed E-state index contributed by atoms with van der Waals surface area (Å²) in [4.78, 5) is 23.3. The fraction of sp³-hybridized carbons (Fsp3) is 0.0909. The van der Waals surface area contributed by atoms with Crippen molar-refractivity contribution in [1.82, 2.24) is 9.88 Å². The van der Waals surface area contributed by atoms with E-state index in [1.807, 2.05) is 30.3 Å². The van der Waals surface area contributed by atoms with E-state index in [2.05, 4.69) is 55.3 Å². The van der Waals surface area contributed by atoms with Crippen LogP contribution in [0.15, 0.2) is 82.0 Å². The molecule has 7 nitrogen and oxygen atoms in total. The molecule has 150 valence electrons. The molecule has 2 aromatic carbocycles. The van der Waals surface area contributed by atoms with Crippen LogP contribution < -0.4 is 5.32 Å². The Morgan fingerprint density at radius 3 is 2.83 bits per heavy atom. The minimum Gasteiger partial charge on any atom is -0.466 e. The second kappa shape index (κ2) is 8.79. The fourth-order valence-electron chi connectivity index (χ4n) is 3.01. The SMILES string of the molecule is COC(=O)/C=C1/S/C(=N\N=Cc2ccc3c(ccn3Cc3ccccc3)c2)NC1=O. The van der Waals surface area contributed by atoms with Gasteiger partial charge in [-0.05, 0) is 41.1 Å². The number of fused-ring (bicyclic) bond motifs is 1. The molecular weight excluding hydrogens is 400 g/mol. The minimum atomic E-state index is -0.593. The minimum absolute atomic E-state index is 0.219. The van der Waals surface area contributed by atoms with Gasteiger partial charge < -0.3 is 9.30 Å². The van der Waals surface area contributed by atoms with Crippen molar-refractivity contribution in [2.45, 2.75) is 6.54 Å². The van der Waals surface area contributed by atoms with Crippen LogP contribution in [0.3, 0.4) is 0 Å². The molecule has 0 spiro atoms. The molecule has 0 unspecified atom stereocenters. The maximum atomic E-state index is 11.8. The molecule has 3 aromatic rings. The number of amides is 1. The quantitative estimate of drug-likeness (QED) is 0.298. The topological polar surface area (TPSA) is 85.0 Å². The number of esters is 1. The van der Waals surface area contributed by atoms with E-state index in [0.717, 1.165) is 40.8 Å². The molecule has 4 rings (SSSR count). The van der Waals surface area contributed by atoms with Gasteiger partial charge in [-0.2, -0.15) is 5.10 Å². The van der Waals surface area contributed by atoms with Crippen LogP contribution in [0.5, 0.6) is 0 Å². The van der Waals surface area contributed by atoms with Gasteiger partial charge in [0.2, 0.25) is 0 Å². The number of methoxy groups -OCH3 is 1. The number of ether oxygens (including phenoxy) is 1. The molecule has 1 aliphatic rings. The number of hydrogen-bond donors (Lipinski definition) is 1. The number of hydrogen-bond acceptors (Lipinski definition) is 6. The largest absolute Gasteiger partial charge is 0.466 e.